The molecule has 2 aromatic rings. The van der Waals surface area contributed by atoms with E-state index in [-0.39, 0.29) is 5.75 Å². The highest BCUT2D eigenvalue weighted by Crippen LogP contribution is 2.22. The molecular weight excluding hydrogens is 233 g/mol. The summed E-state index contributed by atoms with van der Waals surface area (Å²) in [6, 6.07) is 5.85. The van der Waals surface area contributed by atoms with E-state index in [9.17, 15) is 4.39 Å². The van der Waals surface area contributed by atoms with Crippen LogP contribution in [0.25, 0.3) is 11.4 Å². The minimum absolute atomic E-state index is 0.376. The van der Waals surface area contributed by atoms with Gasteiger partial charge in [-0.05, 0) is 30.7 Å². The number of rotatable bonds is 4. The number of phenolic OH excluding ortho intramolecular Hbond substituents is 1. The lowest BCUT2D eigenvalue weighted by atomic mass is 10.2. The fourth-order valence-electron chi connectivity index (χ4n) is 1.50. The number of hydrogen-bond acceptors (Lipinski definition) is 4. The van der Waals surface area contributed by atoms with Crippen LogP contribution in [0.15, 0.2) is 30.5 Å². The number of anilines is 1. The van der Waals surface area contributed by atoms with Crippen molar-refractivity contribution in [2.45, 2.75) is 13.3 Å². The summed E-state index contributed by atoms with van der Waals surface area (Å²) in [6.45, 7) is 2.88. The molecule has 18 heavy (non-hydrogen) atoms. The number of hydrogen-bond donors (Lipinski definition) is 2. The van der Waals surface area contributed by atoms with Crippen LogP contribution in [0.5, 0.6) is 5.75 Å². The predicted octanol–water partition coefficient (Wildman–Crippen LogP) is 2.81. The minimum atomic E-state index is -0.678. The van der Waals surface area contributed by atoms with Crippen molar-refractivity contribution in [2.24, 2.45) is 0 Å². The van der Waals surface area contributed by atoms with Crippen molar-refractivity contribution in [2.75, 3.05) is 11.9 Å². The number of aromatic hydroxyl groups is 1. The first-order valence-electron chi connectivity index (χ1n) is 5.76. The van der Waals surface area contributed by atoms with Crippen LogP contribution in [0.3, 0.4) is 0 Å². The first kappa shape index (κ1) is 12.3. The van der Waals surface area contributed by atoms with Crippen molar-refractivity contribution >= 4 is 5.82 Å². The Kier molecular flexibility index (Phi) is 3.72. The summed E-state index contributed by atoms with van der Waals surface area (Å²) in [6.07, 6.45) is 2.61. The average Bonchev–Trinajstić information content (AvgIpc) is 2.40. The minimum Gasteiger partial charge on any atom is -0.505 e. The molecule has 1 aromatic heterocycles. The molecule has 2 rings (SSSR count). The van der Waals surface area contributed by atoms with E-state index in [1.165, 1.54) is 12.1 Å². The second-order valence-corrected chi connectivity index (χ2v) is 3.86. The van der Waals surface area contributed by atoms with Gasteiger partial charge in [0.05, 0.1) is 0 Å². The lowest BCUT2D eigenvalue weighted by Gasteiger charge is -2.06. The second-order valence-electron chi connectivity index (χ2n) is 3.86. The van der Waals surface area contributed by atoms with Crippen LogP contribution in [0.4, 0.5) is 10.2 Å². The Bertz CT molecular complexity index is 546. The van der Waals surface area contributed by atoms with E-state index >= 15 is 0 Å². The quantitative estimate of drug-likeness (QED) is 0.872. The summed E-state index contributed by atoms with van der Waals surface area (Å²) in [7, 11) is 0. The van der Waals surface area contributed by atoms with E-state index in [2.05, 4.69) is 22.2 Å². The molecule has 0 fully saturated rings. The van der Waals surface area contributed by atoms with Crippen LogP contribution < -0.4 is 5.32 Å². The van der Waals surface area contributed by atoms with Gasteiger partial charge in [0.25, 0.3) is 0 Å². The molecule has 2 N–H and O–H groups in total. The molecule has 0 radical (unpaired) electrons. The van der Waals surface area contributed by atoms with Gasteiger partial charge in [0.2, 0.25) is 0 Å². The van der Waals surface area contributed by atoms with Gasteiger partial charge in [0.1, 0.15) is 5.82 Å². The number of benzene rings is 1. The maximum Gasteiger partial charge on any atom is 0.165 e. The Balaban J connectivity index is 2.29. The summed E-state index contributed by atoms with van der Waals surface area (Å²) in [5, 5.41) is 12.3. The van der Waals surface area contributed by atoms with Gasteiger partial charge in [-0.15, -0.1) is 0 Å². The lowest BCUT2D eigenvalue weighted by Crippen LogP contribution is -2.03. The van der Waals surface area contributed by atoms with Crippen molar-refractivity contribution in [1.29, 1.82) is 0 Å². The zero-order valence-corrected chi connectivity index (χ0v) is 10.0. The van der Waals surface area contributed by atoms with E-state index in [0.29, 0.717) is 17.2 Å². The van der Waals surface area contributed by atoms with Crippen LogP contribution in [-0.4, -0.2) is 21.6 Å². The maximum atomic E-state index is 13.2. The van der Waals surface area contributed by atoms with Gasteiger partial charge < -0.3 is 10.4 Å². The largest absolute Gasteiger partial charge is 0.505 e. The van der Waals surface area contributed by atoms with Crippen LogP contribution >= 0.6 is 0 Å². The summed E-state index contributed by atoms with van der Waals surface area (Å²) in [5.41, 5.74) is 0.533. The molecule has 0 amide bonds. The summed E-state index contributed by atoms with van der Waals surface area (Å²) in [4.78, 5) is 8.37. The molecule has 1 heterocycles. The van der Waals surface area contributed by atoms with E-state index < -0.39 is 5.82 Å². The number of aromatic nitrogens is 2. The van der Waals surface area contributed by atoms with Gasteiger partial charge in [-0.3, -0.25) is 0 Å². The molecule has 0 bridgehead atoms. The zero-order chi connectivity index (χ0) is 13.0. The fraction of sp³-hybridized carbons (Fsp3) is 0.231. The average molecular weight is 247 g/mol. The first-order valence-corrected chi connectivity index (χ1v) is 5.76. The monoisotopic (exact) mass is 247 g/mol. The normalized spacial score (nSPS) is 10.3. The molecule has 5 heteroatoms. The summed E-state index contributed by atoms with van der Waals surface area (Å²) >= 11 is 0. The third kappa shape index (κ3) is 2.74. The van der Waals surface area contributed by atoms with Gasteiger partial charge in [-0.25, -0.2) is 14.4 Å². The van der Waals surface area contributed by atoms with Crippen molar-refractivity contribution in [3.05, 3.63) is 36.3 Å². The van der Waals surface area contributed by atoms with Crippen LogP contribution in [-0.2, 0) is 0 Å². The smallest absolute Gasteiger partial charge is 0.165 e. The van der Waals surface area contributed by atoms with Gasteiger partial charge in [-0.1, -0.05) is 6.92 Å². The summed E-state index contributed by atoms with van der Waals surface area (Å²) in [5.74, 6) is 0.0763. The highest BCUT2D eigenvalue weighted by molar-refractivity contribution is 5.58. The van der Waals surface area contributed by atoms with E-state index in [1.807, 2.05) is 0 Å². The molecule has 0 unspecified atom stereocenters. The van der Waals surface area contributed by atoms with Gasteiger partial charge in [0, 0.05) is 18.3 Å². The number of nitrogens with one attached hydrogen (secondary N) is 1. The van der Waals surface area contributed by atoms with Crippen LogP contribution in [0.2, 0.25) is 0 Å². The molecule has 0 atom stereocenters. The predicted molar refractivity (Wildman–Crippen MR) is 67.9 cm³/mol. The molecule has 0 aliphatic rings. The van der Waals surface area contributed by atoms with E-state index in [0.717, 1.165) is 13.0 Å². The highest BCUT2D eigenvalue weighted by atomic mass is 19.1. The third-order valence-corrected chi connectivity index (χ3v) is 2.42. The van der Waals surface area contributed by atoms with Gasteiger partial charge in [0.15, 0.2) is 17.4 Å². The molecule has 0 saturated heterocycles. The van der Waals surface area contributed by atoms with Crippen LogP contribution in [0, 0.1) is 5.82 Å². The Hall–Kier alpha value is -2.17. The maximum absolute atomic E-state index is 13.2. The molecule has 4 nitrogen and oxygen atoms in total. The highest BCUT2D eigenvalue weighted by Gasteiger charge is 2.06. The molecule has 0 aliphatic heterocycles. The molecule has 0 saturated carbocycles. The molecule has 0 aliphatic carbocycles. The molecule has 1 aromatic carbocycles. The van der Waals surface area contributed by atoms with Crippen molar-refractivity contribution in [1.82, 2.24) is 9.97 Å². The number of phenols is 1. The molecular formula is C13H14FN3O. The van der Waals surface area contributed by atoms with Crippen molar-refractivity contribution in [3.8, 4) is 17.1 Å². The van der Waals surface area contributed by atoms with E-state index in [1.54, 1.807) is 18.3 Å². The number of halogens is 1. The van der Waals surface area contributed by atoms with Gasteiger partial charge in [-0.2, -0.15) is 0 Å². The second kappa shape index (κ2) is 5.44. The topological polar surface area (TPSA) is 58.0 Å². The van der Waals surface area contributed by atoms with Crippen LogP contribution in [0.1, 0.15) is 13.3 Å². The molecule has 0 spiro atoms. The Morgan fingerprint density at radius 3 is 2.89 bits per heavy atom. The van der Waals surface area contributed by atoms with E-state index in [4.69, 9.17) is 5.11 Å². The standard InChI is InChI=1S/C13H14FN3O/c1-2-6-15-12-5-7-16-13(17-12)9-3-4-11(18)10(14)8-9/h3-5,7-8,18H,2,6H2,1H3,(H,15,16,17). The Morgan fingerprint density at radius 1 is 1.33 bits per heavy atom. The van der Waals surface area contributed by atoms with Crippen molar-refractivity contribution in [3.63, 3.8) is 0 Å². The fourth-order valence-corrected chi connectivity index (χ4v) is 1.50. The Morgan fingerprint density at radius 2 is 2.17 bits per heavy atom. The Labute approximate surface area is 105 Å². The van der Waals surface area contributed by atoms with Gasteiger partial charge >= 0.3 is 0 Å². The zero-order valence-electron chi connectivity index (χ0n) is 10.0. The molecule has 94 valence electrons. The first-order chi connectivity index (χ1) is 8.70. The third-order valence-electron chi connectivity index (χ3n) is 2.42. The SMILES string of the molecule is CCCNc1ccnc(-c2ccc(O)c(F)c2)n1. The summed E-state index contributed by atoms with van der Waals surface area (Å²) < 4.78 is 13.2. The lowest BCUT2D eigenvalue weighted by molar-refractivity contribution is 0.432. The van der Waals surface area contributed by atoms with Crippen molar-refractivity contribution < 1.29 is 9.50 Å². The number of nitrogens with zero attached hydrogens (tertiary/aromatic N) is 2.